The fraction of sp³-hybridized carbons (Fsp3) is 0.588. The van der Waals surface area contributed by atoms with Crippen LogP contribution in [0, 0.1) is 11.8 Å². The lowest BCUT2D eigenvalue weighted by atomic mass is 9.79. The second kappa shape index (κ2) is 7.05. The SMILES string of the molecule is C[C@@H](O)[C@H]1C(=O)N2C(C(=O)O)=C(S[C@@H]3CN[C@H](C=CC(N)=O)C3)[C@H](C)[C@H]12. The zero-order valence-electron chi connectivity index (χ0n) is 14.6. The Morgan fingerprint density at radius 3 is 2.73 bits per heavy atom. The number of β-lactam (4-membered cyclic amide) rings is 1. The van der Waals surface area contributed by atoms with Crippen molar-refractivity contribution in [2.45, 2.75) is 43.7 Å². The minimum Gasteiger partial charge on any atom is -0.477 e. The normalized spacial score (nSPS) is 35.0. The van der Waals surface area contributed by atoms with E-state index in [4.69, 9.17) is 5.73 Å². The summed E-state index contributed by atoms with van der Waals surface area (Å²) in [6, 6.07) is -0.287. The van der Waals surface area contributed by atoms with Gasteiger partial charge in [0, 0.05) is 34.7 Å². The molecule has 9 heteroatoms. The van der Waals surface area contributed by atoms with Gasteiger partial charge in [-0.15, -0.1) is 11.8 Å². The number of aliphatic hydroxyl groups excluding tert-OH is 1. The highest BCUT2D eigenvalue weighted by atomic mass is 32.2. The van der Waals surface area contributed by atoms with E-state index in [1.165, 1.54) is 22.7 Å². The Morgan fingerprint density at radius 1 is 1.46 bits per heavy atom. The van der Waals surface area contributed by atoms with Crippen LogP contribution in [-0.4, -0.2) is 62.9 Å². The molecule has 0 aromatic rings. The van der Waals surface area contributed by atoms with Gasteiger partial charge in [-0.3, -0.25) is 9.59 Å². The average Bonchev–Trinajstić information content (AvgIpc) is 3.08. The quantitative estimate of drug-likeness (QED) is 0.365. The highest BCUT2D eigenvalue weighted by Gasteiger charge is 2.60. The summed E-state index contributed by atoms with van der Waals surface area (Å²) < 4.78 is 0. The second-order valence-corrected chi connectivity index (χ2v) is 8.37. The first-order chi connectivity index (χ1) is 12.2. The molecule has 0 aromatic heterocycles. The summed E-state index contributed by atoms with van der Waals surface area (Å²) in [6.07, 6.45) is 2.97. The summed E-state index contributed by atoms with van der Waals surface area (Å²) in [4.78, 5) is 37.0. The first kappa shape index (κ1) is 18.9. The van der Waals surface area contributed by atoms with E-state index in [0.29, 0.717) is 11.4 Å². The second-order valence-electron chi connectivity index (χ2n) is 7.02. The van der Waals surface area contributed by atoms with Crippen LogP contribution in [0.25, 0.3) is 0 Å². The maximum atomic E-state index is 12.3. The van der Waals surface area contributed by atoms with Crippen molar-refractivity contribution in [3.8, 4) is 0 Å². The average molecular weight is 381 g/mol. The number of amides is 2. The lowest BCUT2D eigenvalue weighted by Crippen LogP contribution is -2.63. The maximum absolute atomic E-state index is 12.3. The van der Waals surface area contributed by atoms with Crippen molar-refractivity contribution in [3.05, 3.63) is 22.8 Å². The molecule has 3 aliphatic rings. The van der Waals surface area contributed by atoms with E-state index in [1.54, 1.807) is 13.0 Å². The molecule has 2 fully saturated rings. The molecular formula is C17H23N3O5S. The first-order valence-corrected chi connectivity index (χ1v) is 9.46. The van der Waals surface area contributed by atoms with Crippen LogP contribution in [0.15, 0.2) is 22.8 Å². The van der Waals surface area contributed by atoms with Gasteiger partial charge in [0.05, 0.1) is 18.1 Å². The summed E-state index contributed by atoms with van der Waals surface area (Å²) in [5.41, 5.74) is 5.15. The van der Waals surface area contributed by atoms with E-state index in [9.17, 15) is 24.6 Å². The summed E-state index contributed by atoms with van der Waals surface area (Å²) in [7, 11) is 0. The van der Waals surface area contributed by atoms with Crippen molar-refractivity contribution in [3.63, 3.8) is 0 Å². The lowest BCUT2D eigenvalue weighted by Gasteiger charge is -2.46. The van der Waals surface area contributed by atoms with Gasteiger partial charge >= 0.3 is 5.97 Å². The number of hydrogen-bond acceptors (Lipinski definition) is 6. The zero-order valence-corrected chi connectivity index (χ0v) is 15.4. The maximum Gasteiger partial charge on any atom is 0.353 e. The Balaban J connectivity index is 1.76. The van der Waals surface area contributed by atoms with E-state index in [1.807, 2.05) is 6.92 Å². The van der Waals surface area contributed by atoms with Crippen LogP contribution < -0.4 is 11.1 Å². The molecule has 142 valence electrons. The molecule has 0 bridgehead atoms. The monoisotopic (exact) mass is 381 g/mol. The molecule has 0 saturated carbocycles. The third-order valence-electron chi connectivity index (χ3n) is 5.22. The summed E-state index contributed by atoms with van der Waals surface area (Å²) in [5, 5.41) is 22.9. The van der Waals surface area contributed by atoms with Crippen molar-refractivity contribution < 1.29 is 24.6 Å². The smallest absolute Gasteiger partial charge is 0.353 e. The van der Waals surface area contributed by atoms with Crippen LogP contribution in [-0.2, 0) is 14.4 Å². The molecule has 6 atom stereocenters. The third-order valence-corrected chi connectivity index (χ3v) is 6.73. The molecule has 3 heterocycles. The van der Waals surface area contributed by atoms with Crippen LogP contribution in [0.4, 0.5) is 0 Å². The number of primary amides is 1. The molecule has 26 heavy (non-hydrogen) atoms. The highest BCUT2D eigenvalue weighted by Crippen LogP contribution is 2.51. The molecule has 0 aliphatic carbocycles. The molecule has 3 aliphatic heterocycles. The largest absolute Gasteiger partial charge is 0.477 e. The van der Waals surface area contributed by atoms with Gasteiger partial charge in [0.25, 0.3) is 0 Å². The van der Waals surface area contributed by atoms with Gasteiger partial charge in [-0.25, -0.2) is 4.79 Å². The molecule has 0 spiro atoms. The molecular weight excluding hydrogens is 358 g/mol. The number of carbonyl (C=O) groups is 3. The van der Waals surface area contributed by atoms with Gasteiger partial charge in [-0.2, -0.15) is 0 Å². The summed E-state index contributed by atoms with van der Waals surface area (Å²) >= 11 is 1.47. The third kappa shape index (κ3) is 3.15. The topological polar surface area (TPSA) is 133 Å². The summed E-state index contributed by atoms with van der Waals surface area (Å²) in [6.45, 7) is 4.14. The fourth-order valence-electron chi connectivity index (χ4n) is 4.04. The van der Waals surface area contributed by atoms with E-state index in [0.717, 1.165) is 6.42 Å². The molecule has 8 nitrogen and oxygen atoms in total. The number of nitrogens with two attached hydrogens (primary N) is 1. The molecule has 2 amide bonds. The first-order valence-electron chi connectivity index (χ1n) is 8.58. The van der Waals surface area contributed by atoms with E-state index >= 15 is 0 Å². The van der Waals surface area contributed by atoms with Gasteiger partial charge in [-0.05, 0) is 13.3 Å². The molecule has 5 N–H and O–H groups in total. The van der Waals surface area contributed by atoms with Crippen molar-refractivity contribution >= 4 is 29.5 Å². The van der Waals surface area contributed by atoms with Crippen molar-refractivity contribution in [2.75, 3.05) is 6.54 Å². The Hall–Kier alpha value is -1.84. The van der Waals surface area contributed by atoms with Crippen LogP contribution in [0.1, 0.15) is 20.3 Å². The van der Waals surface area contributed by atoms with Crippen molar-refractivity contribution in [2.24, 2.45) is 17.6 Å². The number of aliphatic carboxylic acids is 1. The van der Waals surface area contributed by atoms with E-state index in [2.05, 4.69) is 5.32 Å². The Bertz CT molecular complexity index is 705. The van der Waals surface area contributed by atoms with Crippen LogP contribution in [0.5, 0.6) is 0 Å². The van der Waals surface area contributed by atoms with E-state index < -0.39 is 23.9 Å². The van der Waals surface area contributed by atoms with Gasteiger partial charge in [0.15, 0.2) is 0 Å². The minimum atomic E-state index is -1.12. The molecule has 0 radical (unpaired) electrons. The summed E-state index contributed by atoms with van der Waals surface area (Å²) in [5.74, 6) is -2.63. The Labute approximate surface area is 155 Å². The van der Waals surface area contributed by atoms with Gasteiger partial charge < -0.3 is 26.2 Å². The van der Waals surface area contributed by atoms with Gasteiger partial charge in [0.1, 0.15) is 5.70 Å². The highest BCUT2D eigenvalue weighted by molar-refractivity contribution is 8.03. The number of aliphatic hydroxyl groups is 1. The number of thioether (sulfide) groups is 1. The van der Waals surface area contributed by atoms with Crippen LogP contribution in [0.2, 0.25) is 0 Å². The van der Waals surface area contributed by atoms with Crippen LogP contribution >= 0.6 is 11.8 Å². The number of carboxylic acid groups (broad SMARTS) is 1. The molecule has 2 saturated heterocycles. The number of carbonyl (C=O) groups excluding carboxylic acids is 2. The van der Waals surface area contributed by atoms with Crippen molar-refractivity contribution in [1.29, 1.82) is 0 Å². The lowest BCUT2D eigenvalue weighted by molar-refractivity contribution is -0.163. The van der Waals surface area contributed by atoms with Gasteiger partial charge in [-0.1, -0.05) is 13.0 Å². The number of carboxylic acids is 1. The Morgan fingerprint density at radius 2 is 2.15 bits per heavy atom. The molecule has 3 rings (SSSR count). The number of nitrogens with one attached hydrogen (secondary N) is 1. The van der Waals surface area contributed by atoms with Gasteiger partial charge in [0.2, 0.25) is 11.8 Å². The standard InChI is InChI=1S/C17H23N3O5S/c1-7-13-12(8(2)21)16(23)20(13)14(17(24)25)15(7)26-10-5-9(19-6-10)3-4-11(18)22/h3-4,7-10,12-13,19,21H,5-6H2,1-2H3,(H2,18,22)(H,24,25)/t7-,8-,9-,10+,12-,13-/m1/s1. The number of hydrogen-bond donors (Lipinski definition) is 4. The minimum absolute atomic E-state index is 0.00876. The predicted octanol–water partition coefficient (Wildman–Crippen LogP) is -0.355. The molecule has 0 aromatic carbocycles. The number of fused-ring (bicyclic) bond motifs is 1. The fourth-order valence-corrected chi connectivity index (χ4v) is 5.53. The molecule has 0 unspecified atom stereocenters. The number of rotatable bonds is 6. The van der Waals surface area contributed by atoms with Crippen LogP contribution in [0.3, 0.4) is 0 Å². The predicted molar refractivity (Wildman–Crippen MR) is 95.8 cm³/mol. The zero-order chi connectivity index (χ0) is 19.2. The number of nitrogens with zero attached hydrogens (tertiary/aromatic N) is 1. The van der Waals surface area contributed by atoms with Crippen molar-refractivity contribution in [1.82, 2.24) is 10.2 Å². The Kier molecular flexibility index (Phi) is 5.14. The van der Waals surface area contributed by atoms with E-state index in [-0.39, 0.29) is 34.9 Å².